The number of rotatable bonds is 10. The van der Waals surface area contributed by atoms with Gasteiger partial charge in [0.1, 0.15) is 23.9 Å². The SMILES string of the molecule is COCCNC(=O)C(c1cccnc1)N(C(=O)Cn1nnc2ccccc21)c1ccc(OC)cc1. The van der Waals surface area contributed by atoms with Gasteiger partial charge in [0, 0.05) is 37.3 Å². The molecule has 4 rings (SSSR count). The van der Waals surface area contributed by atoms with Crippen LogP contribution in [-0.2, 0) is 20.9 Å². The van der Waals surface area contributed by atoms with E-state index in [2.05, 4.69) is 20.6 Å². The van der Waals surface area contributed by atoms with Crippen LogP contribution in [0, 0.1) is 0 Å². The molecule has 2 heterocycles. The number of pyridine rings is 1. The van der Waals surface area contributed by atoms with Gasteiger partial charge in [0.15, 0.2) is 0 Å². The van der Waals surface area contributed by atoms with E-state index in [1.807, 2.05) is 24.3 Å². The van der Waals surface area contributed by atoms with Gasteiger partial charge >= 0.3 is 0 Å². The van der Waals surface area contributed by atoms with Gasteiger partial charge in [-0.3, -0.25) is 19.5 Å². The molecule has 180 valence electrons. The molecule has 4 aromatic rings. The number of methoxy groups -OCH3 is 2. The van der Waals surface area contributed by atoms with Crippen LogP contribution >= 0.6 is 0 Å². The Bertz CT molecular complexity index is 1280. The average Bonchev–Trinajstić information content (AvgIpc) is 3.30. The molecule has 2 aromatic heterocycles. The number of nitrogens with zero attached hydrogens (tertiary/aromatic N) is 5. The summed E-state index contributed by atoms with van der Waals surface area (Å²) in [6, 6.07) is 16.9. The van der Waals surface area contributed by atoms with Gasteiger partial charge in [-0.1, -0.05) is 23.4 Å². The highest BCUT2D eigenvalue weighted by Gasteiger charge is 2.33. The molecule has 35 heavy (non-hydrogen) atoms. The molecule has 0 radical (unpaired) electrons. The second-order valence-corrected chi connectivity index (χ2v) is 7.67. The maximum Gasteiger partial charge on any atom is 0.249 e. The maximum absolute atomic E-state index is 13.8. The Labute approximate surface area is 202 Å². The van der Waals surface area contributed by atoms with E-state index in [-0.39, 0.29) is 18.4 Å². The lowest BCUT2D eigenvalue weighted by atomic mass is 10.0. The van der Waals surface area contributed by atoms with E-state index < -0.39 is 6.04 Å². The molecule has 0 aliphatic rings. The molecule has 0 aliphatic carbocycles. The van der Waals surface area contributed by atoms with Crippen molar-refractivity contribution in [3.8, 4) is 5.75 Å². The standard InChI is InChI=1S/C25H26N6O4/c1-34-15-14-27-25(33)24(18-6-5-13-26-16-18)31(19-9-11-20(35-2)12-10-19)23(32)17-30-22-8-4-3-7-21(22)28-29-30/h3-13,16,24H,14-15,17H2,1-2H3,(H,27,33). The topological polar surface area (TPSA) is 111 Å². The maximum atomic E-state index is 13.8. The summed E-state index contributed by atoms with van der Waals surface area (Å²) < 4.78 is 11.9. The Morgan fingerprint density at radius 1 is 1.06 bits per heavy atom. The first-order valence-corrected chi connectivity index (χ1v) is 11.0. The number of hydrogen-bond acceptors (Lipinski definition) is 7. The molecule has 0 spiro atoms. The van der Waals surface area contributed by atoms with Gasteiger partial charge in [-0.25, -0.2) is 4.68 Å². The van der Waals surface area contributed by atoms with E-state index in [1.54, 1.807) is 63.0 Å². The average molecular weight is 475 g/mol. The molecular formula is C25H26N6O4. The van der Waals surface area contributed by atoms with Gasteiger partial charge in [-0.2, -0.15) is 0 Å². The van der Waals surface area contributed by atoms with E-state index in [4.69, 9.17) is 9.47 Å². The fourth-order valence-electron chi connectivity index (χ4n) is 3.75. The molecule has 0 saturated carbocycles. The second kappa shape index (κ2) is 11.2. The third-order valence-electron chi connectivity index (χ3n) is 5.44. The Hall–Kier alpha value is -4.31. The van der Waals surface area contributed by atoms with Crippen molar-refractivity contribution in [1.82, 2.24) is 25.3 Å². The number of ether oxygens (including phenoxy) is 2. The molecule has 0 saturated heterocycles. The molecule has 1 N–H and O–H groups in total. The van der Waals surface area contributed by atoms with E-state index in [0.717, 1.165) is 5.52 Å². The molecule has 1 unspecified atom stereocenters. The van der Waals surface area contributed by atoms with E-state index >= 15 is 0 Å². The molecule has 10 heteroatoms. The van der Waals surface area contributed by atoms with E-state index in [9.17, 15) is 9.59 Å². The number of nitrogens with one attached hydrogen (secondary N) is 1. The normalized spacial score (nSPS) is 11.7. The number of carbonyl (C=O) groups is 2. The fourth-order valence-corrected chi connectivity index (χ4v) is 3.75. The molecule has 2 amide bonds. The molecule has 0 fully saturated rings. The van der Waals surface area contributed by atoms with Crippen LogP contribution in [0.4, 0.5) is 5.69 Å². The van der Waals surface area contributed by atoms with Crippen LogP contribution in [0.2, 0.25) is 0 Å². The summed E-state index contributed by atoms with van der Waals surface area (Å²) in [6.45, 7) is 0.520. The minimum Gasteiger partial charge on any atom is -0.497 e. The molecule has 2 aromatic carbocycles. The Balaban J connectivity index is 1.75. The lowest BCUT2D eigenvalue weighted by Gasteiger charge is -2.31. The fraction of sp³-hybridized carbons (Fsp3) is 0.240. The smallest absolute Gasteiger partial charge is 0.249 e. The molecule has 10 nitrogen and oxygen atoms in total. The van der Waals surface area contributed by atoms with Crippen molar-refractivity contribution in [2.75, 3.05) is 32.3 Å². The van der Waals surface area contributed by atoms with Crippen molar-refractivity contribution in [2.45, 2.75) is 12.6 Å². The predicted octanol–water partition coefficient (Wildman–Crippen LogP) is 2.37. The summed E-state index contributed by atoms with van der Waals surface area (Å²) in [6.07, 6.45) is 3.19. The van der Waals surface area contributed by atoms with Crippen molar-refractivity contribution in [3.05, 3.63) is 78.6 Å². The molecule has 0 aliphatic heterocycles. The van der Waals surface area contributed by atoms with Crippen LogP contribution in [0.1, 0.15) is 11.6 Å². The van der Waals surface area contributed by atoms with Crippen molar-refractivity contribution in [3.63, 3.8) is 0 Å². The summed E-state index contributed by atoms with van der Waals surface area (Å²) >= 11 is 0. The van der Waals surface area contributed by atoms with Crippen LogP contribution in [-0.4, -0.2) is 59.2 Å². The van der Waals surface area contributed by atoms with Gasteiger partial charge in [0.05, 0.1) is 19.2 Å². The highest BCUT2D eigenvalue weighted by Crippen LogP contribution is 2.30. The monoisotopic (exact) mass is 474 g/mol. The number of amides is 2. The lowest BCUT2D eigenvalue weighted by Crippen LogP contribution is -2.46. The second-order valence-electron chi connectivity index (χ2n) is 7.67. The Morgan fingerprint density at radius 3 is 2.57 bits per heavy atom. The highest BCUT2D eigenvalue weighted by molar-refractivity contribution is 6.01. The molecule has 0 bridgehead atoms. The number of fused-ring (bicyclic) bond motifs is 1. The number of benzene rings is 2. The zero-order chi connectivity index (χ0) is 24.6. The quantitative estimate of drug-likeness (QED) is 0.351. The minimum atomic E-state index is -0.976. The zero-order valence-electron chi connectivity index (χ0n) is 19.5. The van der Waals surface area contributed by atoms with Gasteiger partial charge in [0.2, 0.25) is 11.8 Å². The summed E-state index contributed by atoms with van der Waals surface area (Å²) in [5.41, 5.74) is 2.49. The first-order valence-electron chi connectivity index (χ1n) is 11.0. The first kappa shape index (κ1) is 23.8. The van der Waals surface area contributed by atoms with Crippen LogP contribution in [0.25, 0.3) is 11.0 Å². The molecule has 1 atom stereocenters. The summed E-state index contributed by atoms with van der Waals surface area (Å²) in [7, 11) is 3.12. The summed E-state index contributed by atoms with van der Waals surface area (Å²) in [5.74, 6) is -0.0740. The van der Waals surface area contributed by atoms with Crippen molar-refractivity contribution >= 4 is 28.5 Å². The predicted molar refractivity (Wildman–Crippen MR) is 130 cm³/mol. The zero-order valence-corrected chi connectivity index (χ0v) is 19.5. The van der Waals surface area contributed by atoms with E-state index in [0.29, 0.717) is 35.7 Å². The minimum absolute atomic E-state index is 0.116. The van der Waals surface area contributed by atoms with Crippen LogP contribution in [0.15, 0.2) is 73.1 Å². The molecular weight excluding hydrogens is 448 g/mol. The number of anilines is 1. The third-order valence-corrected chi connectivity index (χ3v) is 5.44. The Morgan fingerprint density at radius 2 is 1.86 bits per heavy atom. The first-order chi connectivity index (χ1) is 17.1. The van der Waals surface area contributed by atoms with Crippen molar-refractivity contribution in [1.29, 1.82) is 0 Å². The van der Waals surface area contributed by atoms with Crippen LogP contribution in [0.3, 0.4) is 0 Å². The largest absolute Gasteiger partial charge is 0.497 e. The third kappa shape index (κ3) is 5.44. The Kier molecular flexibility index (Phi) is 7.63. The van der Waals surface area contributed by atoms with Crippen molar-refractivity contribution < 1.29 is 19.1 Å². The van der Waals surface area contributed by atoms with E-state index in [1.165, 1.54) is 9.58 Å². The van der Waals surface area contributed by atoms with Crippen molar-refractivity contribution in [2.24, 2.45) is 0 Å². The van der Waals surface area contributed by atoms with Gasteiger partial charge in [-0.15, -0.1) is 5.10 Å². The van der Waals surface area contributed by atoms with Gasteiger partial charge in [0.25, 0.3) is 0 Å². The number of para-hydroxylation sites is 1. The van der Waals surface area contributed by atoms with Gasteiger partial charge < -0.3 is 14.8 Å². The number of aromatic nitrogens is 4. The summed E-state index contributed by atoms with van der Waals surface area (Å²) in [5, 5.41) is 11.1. The van der Waals surface area contributed by atoms with Crippen LogP contribution < -0.4 is 15.0 Å². The highest BCUT2D eigenvalue weighted by atomic mass is 16.5. The van der Waals surface area contributed by atoms with Crippen LogP contribution in [0.5, 0.6) is 5.75 Å². The summed E-state index contributed by atoms with van der Waals surface area (Å²) in [4.78, 5) is 32.9. The number of hydrogen-bond donors (Lipinski definition) is 1. The lowest BCUT2D eigenvalue weighted by molar-refractivity contribution is -0.127. The van der Waals surface area contributed by atoms with Gasteiger partial charge in [-0.05, 0) is 42.5 Å². The number of carbonyl (C=O) groups excluding carboxylic acids is 2.